The predicted octanol–water partition coefficient (Wildman–Crippen LogP) is 2.75. The average molecular weight is 495 g/mol. The van der Waals surface area contributed by atoms with Crippen LogP contribution in [0.5, 0.6) is 0 Å². The number of alkyl halides is 2. The fraction of sp³-hybridized carbons (Fsp3) is 0.727. The first-order valence-electron chi connectivity index (χ1n) is 10.8. The second-order valence-corrected chi connectivity index (χ2v) is 7.98. The van der Waals surface area contributed by atoms with Crippen molar-refractivity contribution in [3.63, 3.8) is 0 Å². The molecule has 0 aliphatic carbocycles. The monoisotopic (exact) mass is 494 g/mol. The Balaban J connectivity index is 1.69. The van der Waals surface area contributed by atoms with Crippen LogP contribution >= 0.6 is 23.2 Å². The molecule has 0 N–H and O–H groups in total. The highest BCUT2D eigenvalue weighted by Crippen LogP contribution is 2.36. The Hall–Kier alpha value is -0.520. The molecule has 0 aromatic heterocycles. The molecule has 1 aromatic carbocycles. The fourth-order valence-electron chi connectivity index (χ4n) is 3.68. The van der Waals surface area contributed by atoms with Gasteiger partial charge in [0.05, 0.1) is 46.2 Å². The van der Waals surface area contributed by atoms with Crippen LogP contribution in [0.15, 0.2) is 30.3 Å². The third-order valence-electron chi connectivity index (χ3n) is 5.11. The lowest BCUT2D eigenvalue weighted by atomic mass is 9.97. The van der Waals surface area contributed by atoms with Crippen molar-refractivity contribution in [3.8, 4) is 0 Å². The zero-order valence-corrected chi connectivity index (χ0v) is 19.7. The molecule has 2 heterocycles. The molecular weight excluding hydrogens is 463 g/mol. The molecule has 2 aliphatic heterocycles. The molecule has 2 aliphatic rings. The lowest BCUT2D eigenvalue weighted by Gasteiger charge is -2.48. The highest BCUT2D eigenvalue weighted by atomic mass is 35.5. The molecule has 0 bridgehead atoms. The first-order chi connectivity index (χ1) is 15.8. The van der Waals surface area contributed by atoms with Crippen molar-refractivity contribution in [2.75, 3.05) is 65.1 Å². The lowest BCUT2D eigenvalue weighted by molar-refractivity contribution is -0.368. The first-order valence-corrected chi connectivity index (χ1v) is 11.9. The van der Waals surface area contributed by atoms with Crippen LogP contribution in [0.25, 0.3) is 0 Å². The van der Waals surface area contributed by atoms with Crippen LogP contribution in [0.2, 0.25) is 0 Å². The van der Waals surface area contributed by atoms with Gasteiger partial charge in [0.15, 0.2) is 12.6 Å². The van der Waals surface area contributed by atoms with Crippen LogP contribution in [0.1, 0.15) is 11.9 Å². The van der Waals surface area contributed by atoms with Gasteiger partial charge in [0.1, 0.15) is 24.4 Å². The van der Waals surface area contributed by atoms with Crippen LogP contribution in [-0.4, -0.2) is 95.8 Å². The SMILES string of the molecule is CO[C@H]1O[C@@H]2COC(c3ccccc3)O[C@@H]2[C@H](OCCOCCCl)[C@H]1OCCOCCCl. The summed E-state index contributed by atoms with van der Waals surface area (Å²) >= 11 is 11.3. The van der Waals surface area contributed by atoms with Gasteiger partial charge in [-0.3, -0.25) is 0 Å². The van der Waals surface area contributed by atoms with E-state index in [1.807, 2.05) is 30.3 Å². The minimum Gasteiger partial charge on any atom is -0.378 e. The third-order valence-corrected chi connectivity index (χ3v) is 5.42. The van der Waals surface area contributed by atoms with Crippen LogP contribution in [0, 0.1) is 0 Å². The van der Waals surface area contributed by atoms with E-state index in [9.17, 15) is 0 Å². The van der Waals surface area contributed by atoms with Gasteiger partial charge in [0.25, 0.3) is 0 Å². The average Bonchev–Trinajstić information content (AvgIpc) is 2.84. The Morgan fingerprint density at radius 3 is 2.12 bits per heavy atom. The summed E-state index contributed by atoms with van der Waals surface area (Å²) in [4.78, 5) is 0. The van der Waals surface area contributed by atoms with Gasteiger partial charge in [-0.1, -0.05) is 30.3 Å². The molecule has 0 spiro atoms. The van der Waals surface area contributed by atoms with Gasteiger partial charge in [0.2, 0.25) is 0 Å². The van der Waals surface area contributed by atoms with Crippen molar-refractivity contribution >= 4 is 23.2 Å². The first kappa shape index (κ1) is 26.1. The molecule has 3 rings (SSSR count). The second-order valence-electron chi connectivity index (χ2n) is 7.23. The van der Waals surface area contributed by atoms with Gasteiger partial charge in [-0.25, -0.2) is 0 Å². The molecule has 0 radical (unpaired) electrons. The molecule has 6 atom stereocenters. The van der Waals surface area contributed by atoms with Crippen molar-refractivity contribution in [1.29, 1.82) is 0 Å². The highest BCUT2D eigenvalue weighted by molar-refractivity contribution is 6.18. The van der Waals surface area contributed by atoms with Crippen molar-refractivity contribution in [3.05, 3.63) is 35.9 Å². The van der Waals surface area contributed by atoms with E-state index in [0.717, 1.165) is 5.56 Å². The molecule has 8 nitrogen and oxygen atoms in total. The predicted molar refractivity (Wildman–Crippen MR) is 118 cm³/mol. The van der Waals surface area contributed by atoms with E-state index < -0.39 is 30.9 Å². The number of methoxy groups -OCH3 is 1. The molecule has 0 saturated carbocycles. The molecule has 1 unspecified atom stereocenters. The minimum absolute atomic E-state index is 0.337. The molecule has 1 aromatic rings. The summed E-state index contributed by atoms with van der Waals surface area (Å²) in [6, 6.07) is 9.77. The smallest absolute Gasteiger partial charge is 0.186 e. The van der Waals surface area contributed by atoms with Gasteiger partial charge in [0, 0.05) is 24.4 Å². The van der Waals surface area contributed by atoms with E-state index in [2.05, 4.69) is 0 Å². The Kier molecular flexibility index (Phi) is 12.0. The zero-order valence-electron chi connectivity index (χ0n) is 18.2. The quantitative estimate of drug-likeness (QED) is 0.288. The van der Waals surface area contributed by atoms with E-state index in [1.54, 1.807) is 7.11 Å². The summed E-state index contributed by atoms with van der Waals surface area (Å²) in [5.41, 5.74) is 0.927. The summed E-state index contributed by atoms with van der Waals surface area (Å²) in [6.45, 7) is 2.76. The maximum Gasteiger partial charge on any atom is 0.186 e. The Morgan fingerprint density at radius 2 is 1.50 bits per heavy atom. The van der Waals surface area contributed by atoms with Crippen LogP contribution in [0.4, 0.5) is 0 Å². The number of hydrogen-bond donors (Lipinski definition) is 0. The molecule has 2 saturated heterocycles. The van der Waals surface area contributed by atoms with Crippen molar-refractivity contribution in [2.45, 2.75) is 37.0 Å². The standard InChI is InChI=1S/C22H32Cl2O8/c1-25-22-20(29-14-12-27-10-8-24)19(28-13-11-26-9-7-23)18-17(31-22)15-30-21(32-18)16-5-3-2-4-6-16/h2-6,17-22H,7-15H2,1H3/t17-,18+,19+,20-,21?,22+/m1/s1. The lowest BCUT2D eigenvalue weighted by Crippen LogP contribution is -2.63. The number of hydrogen-bond acceptors (Lipinski definition) is 8. The van der Waals surface area contributed by atoms with Crippen molar-refractivity contribution in [2.24, 2.45) is 0 Å². The summed E-state index contributed by atoms with van der Waals surface area (Å²) in [5.74, 6) is 0.862. The topological polar surface area (TPSA) is 73.8 Å². The maximum atomic E-state index is 6.32. The van der Waals surface area contributed by atoms with Crippen LogP contribution < -0.4 is 0 Å². The minimum atomic E-state index is -0.640. The zero-order chi connectivity index (χ0) is 22.6. The fourth-order valence-corrected chi connectivity index (χ4v) is 3.90. The van der Waals surface area contributed by atoms with Gasteiger partial charge in [-0.05, 0) is 0 Å². The number of ether oxygens (including phenoxy) is 8. The highest BCUT2D eigenvalue weighted by Gasteiger charge is 2.51. The molecule has 0 amide bonds. The van der Waals surface area contributed by atoms with Crippen LogP contribution in [0.3, 0.4) is 0 Å². The summed E-state index contributed by atoms with van der Waals surface area (Å²) < 4.78 is 47.1. The van der Waals surface area contributed by atoms with E-state index in [1.165, 1.54) is 0 Å². The number of halogens is 2. The molecule has 32 heavy (non-hydrogen) atoms. The second kappa shape index (κ2) is 14.7. The van der Waals surface area contributed by atoms with Crippen molar-refractivity contribution in [1.82, 2.24) is 0 Å². The molecule has 10 heteroatoms. The summed E-state index contributed by atoms with van der Waals surface area (Å²) in [5, 5.41) is 0. The van der Waals surface area contributed by atoms with Crippen molar-refractivity contribution < 1.29 is 37.9 Å². The van der Waals surface area contributed by atoms with E-state index in [0.29, 0.717) is 58.0 Å². The van der Waals surface area contributed by atoms with Crippen LogP contribution in [-0.2, 0) is 37.9 Å². The largest absolute Gasteiger partial charge is 0.378 e. The Bertz CT molecular complexity index is 625. The molecule has 182 valence electrons. The Morgan fingerprint density at radius 1 is 0.844 bits per heavy atom. The normalized spacial score (nSPS) is 30.2. The number of benzene rings is 1. The van der Waals surface area contributed by atoms with Gasteiger partial charge < -0.3 is 37.9 Å². The van der Waals surface area contributed by atoms with Gasteiger partial charge in [-0.15, -0.1) is 23.2 Å². The summed E-state index contributed by atoms with van der Waals surface area (Å²) in [7, 11) is 1.57. The van der Waals surface area contributed by atoms with Gasteiger partial charge in [-0.2, -0.15) is 0 Å². The molecule has 2 fully saturated rings. The maximum absolute atomic E-state index is 6.32. The summed E-state index contributed by atoms with van der Waals surface area (Å²) in [6.07, 6.45) is -2.92. The number of rotatable bonds is 14. The third kappa shape index (κ3) is 7.50. The Labute approximate surface area is 199 Å². The van der Waals surface area contributed by atoms with E-state index in [4.69, 9.17) is 61.1 Å². The molecular formula is C22H32Cl2O8. The number of fused-ring (bicyclic) bond motifs is 1. The van der Waals surface area contributed by atoms with E-state index >= 15 is 0 Å². The van der Waals surface area contributed by atoms with E-state index in [-0.39, 0.29) is 6.10 Å². The van der Waals surface area contributed by atoms with Gasteiger partial charge >= 0.3 is 0 Å².